The summed E-state index contributed by atoms with van der Waals surface area (Å²) in [6, 6.07) is 127. The lowest BCUT2D eigenvalue weighted by atomic mass is 9.91. The Morgan fingerprint density at radius 1 is 0.181 bits per heavy atom. The minimum absolute atomic E-state index is 0.822. The van der Waals surface area contributed by atoms with Crippen LogP contribution in [-0.2, 0) is 0 Å². The molecule has 16 aromatic carbocycles. The van der Waals surface area contributed by atoms with Crippen molar-refractivity contribution in [3.8, 4) is 66.8 Å². The maximum absolute atomic E-state index is 7.45. The topological polar surface area (TPSA) is 32.8 Å². The third-order valence-electron chi connectivity index (χ3n) is 18.8. The summed E-state index contributed by atoms with van der Waals surface area (Å²) in [5.74, 6) is 0. The molecule has 4 nitrogen and oxygen atoms in total. The van der Waals surface area contributed by atoms with E-state index in [0.717, 1.165) is 172 Å². The van der Waals surface area contributed by atoms with Gasteiger partial charge in [-0.3, -0.25) is 0 Å². The van der Waals surface area contributed by atoms with Crippen LogP contribution in [0.2, 0.25) is 0 Å². The molecular formula is C90H58N2O2. The number of nitrogens with zero attached hydrogens (tertiary/aromatic N) is 2. The van der Waals surface area contributed by atoms with Gasteiger partial charge in [0.1, 0.15) is 22.3 Å². The Labute approximate surface area is 544 Å². The van der Waals surface area contributed by atoms with Crippen molar-refractivity contribution in [2.45, 2.75) is 0 Å². The molecule has 18 aromatic rings. The minimum Gasteiger partial charge on any atom is -0.455 e. The van der Waals surface area contributed by atoms with Crippen molar-refractivity contribution >= 4 is 110 Å². The van der Waals surface area contributed by atoms with Crippen LogP contribution < -0.4 is 9.80 Å². The van der Waals surface area contributed by atoms with Crippen LogP contribution in [0.4, 0.5) is 34.1 Å². The molecule has 0 bridgehead atoms. The number of furan rings is 2. The van der Waals surface area contributed by atoms with Crippen molar-refractivity contribution in [2.24, 2.45) is 0 Å². The fourth-order valence-corrected chi connectivity index (χ4v) is 14.7. The average Bonchev–Trinajstić information content (AvgIpc) is 1.07. The summed E-state index contributed by atoms with van der Waals surface area (Å²) in [7, 11) is 0. The molecule has 4 heteroatoms. The first-order valence-electron chi connectivity index (χ1n) is 32.1. The first-order valence-corrected chi connectivity index (χ1v) is 32.1. The van der Waals surface area contributed by atoms with Crippen LogP contribution in [0.15, 0.2) is 361 Å². The Hall–Kier alpha value is -12.5. The van der Waals surface area contributed by atoms with Crippen molar-refractivity contribution in [3.05, 3.63) is 352 Å². The Balaban J connectivity index is 0.964. The zero-order valence-electron chi connectivity index (χ0n) is 51.2. The molecule has 440 valence electrons. The maximum Gasteiger partial charge on any atom is 0.145 e. The van der Waals surface area contributed by atoms with Crippen LogP contribution in [0.5, 0.6) is 0 Å². The number of fused-ring (bicyclic) bond motifs is 11. The second-order valence-corrected chi connectivity index (χ2v) is 24.1. The Bertz CT molecular complexity index is 5540. The van der Waals surface area contributed by atoms with Gasteiger partial charge in [-0.2, -0.15) is 0 Å². The zero-order valence-corrected chi connectivity index (χ0v) is 51.2. The van der Waals surface area contributed by atoms with Gasteiger partial charge in [0.05, 0.1) is 34.1 Å². The predicted octanol–water partition coefficient (Wildman–Crippen LogP) is 25.9. The van der Waals surface area contributed by atoms with E-state index in [1.54, 1.807) is 0 Å². The van der Waals surface area contributed by atoms with Crippen molar-refractivity contribution in [2.75, 3.05) is 9.80 Å². The summed E-state index contributed by atoms with van der Waals surface area (Å²) < 4.78 is 14.9. The van der Waals surface area contributed by atoms with Crippen LogP contribution in [0.3, 0.4) is 0 Å². The Morgan fingerprint density at radius 3 is 0.851 bits per heavy atom. The van der Waals surface area contributed by atoms with E-state index in [9.17, 15) is 0 Å². The quantitative estimate of drug-likeness (QED) is 0.114. The summed E-state index contributed by atoms with van der Waals surface area (Å²) in [6.07, 6.45) is 0. The lowest BCUT2D eigenvalue weighted by molar-refractivity contribution is 0.670. The van der Waals surface area contributed by atoms with Gasteiger partial charge in [0, 0.05) is 65.7 Å². The van der Waals surface area contributed by atoms with Crippen LogP contribution in [-0.4, -0.2) is 0 Å². The van der Waals surface area contributed by atoms with E-state index < -0.39 is 0 Å². The van der Waals surface area contributed by atoms with Crippen molar-refractivity contribution in [1.29, 1.82) is 0 Å². The van der Waals surface area contributed by atoms with Crippen molar-refractivity contribution in [1.82, 2.24) is 0 Å². The minimum atomic E-state index is 0.822. The first kappa shape index (κ1) is 54.4. The Morgan fingerprint density at radius 2 is 0.468 bits per heavy atom. The third kappa shape index (κ3) is 8.99. The third-order valence-corrected chi connectivity index (χ3v) is 18.8. The fraction of sp³-hybridized carbons (Fsp3) is 0. The average molecular weight is 1200 g/mol. The predicted molar refractivity (Wildman–Crippen MR) is 395 cm³/mol. The molecule has 0 spiro atoms. The highest BCUT2D eigenvalue weighted by molar-refractivity contribution is 6.28. The zero-order chi connectivity index (χ0) is 62.1. The highest BCUT2D eigenvalue weighted by atomic mass is 16.3. The highest BCUT2D eigenvalue weighted by Gasteiger charge is 2.31. The molecule has 2 heterocycles. The number of hydrogen-bond acceptors (Lipinski definition) is 4. The molecule has 0 aliphatic rings. The van der Waals surface area contributed by atoms with E-state index in [4.69, 9.17) is 8.83 Å². The second-order valence-electron chi connectivity index (χ2n) is 24.1. The monoisotopic (exact) mass is 1200 g/mol. The van der Waals surface area contributed by atoms with Crippen LogP contribution in [0.1, 0.15) is 0 Å². The molecule has 0 aliphatic carbocycles. The summed E-state index contributed by atoms with van der Waals surface area (Å²) in [5.41, 5.74) is 22.2. The van der Waals surface area contributed by atoms with Gasteiger partial charge >= 0.3 is 0 Å². The van der Waals surface area contributed by atoms with Gasteiger partial charge < -0.3 is 18.6 Å². The number of rotatable bonds is 12. The summed E-state index contributed by atoms with van der Waals surface area (Å²) in [6.45, 7) is 0. The number of anilines is 6. The van der Waals surface area contributed by atoms with Gasteiger partial charge in [0.2, 0.25) is 0 Å². The fourth-order valence-electron chi connectivity index (χ4n) is 14.7. The molecule has 18 rings (SSSR count). The molecule has 0 saturated carbocycles. The van der Waals surface area contributed by atoms with Gasteiger partial charge in [-0.05, 0) is 103 Å². The second kappa shape index (κ2) is 22.8. The Kier molecular flexibility index (Phi) is 13.2. The van der Waals surface area contributed by atoms with Gasteiger partial charge in [-0.25, -0.2) is 0 Å². The maximum atomic E-state index is 7.45. The molecule has 0 saturated heterocycles. The first-order chi connectivity index (χ1) is 46.7. The molecule has 0 atom stereocenters. The van der Waals surface area contributed by atoms with Crippen LogP contribution >= 0.6 is 0 Å². The molecule has 0 radical (unpaired) electrons. The molecule has 2 aromatic heterocycles. The molecule has 0 aliphatic heterocycles. The highest BCUT2D eigenvalue weighted by Crippen LogP contribution is 2.55. The number of benzene rings is 16. The van der Waals surface area contributed by atoms with Gasteiger partial charge in [-0.15, -0.1) is 0 Å². The van der Waals surface area contributed by atoms with E-state index in [0.29, 0.717) is 0 Å². The van der Waals surface area contributed by atoms with Gasteiger partial charge in [-0.1, -0.05) is 303 Å². The van der Waals surface area contributed by atoms with Crippen molar-refractivity contribution < 1.29 is 8.83 Å². The summed E-state index contributed by atoms with van der Waals surface area (Å²) in [4.78, 5) is 5.03. The number of para-hydroxylation sites is 4. The standard InChI is InChI=1S/C90H58N2O2/c1-7-29-59(30-8-1)66-41-23-25-51-78(66)91(80-55-53-76-74-49-27-47-68(61-33-11-3-12-34-61)87(74)93-89(76)85(80)63-37-15-5-16-38-63)82-57-65-58-83(71-44-20-22-46-73(71)84(65)72-45-21-19-43-70(72)82)92(79-52-26-24-42-67(79)60-31-9-2-10-32-60)81-56-54-77-75-50-28-48-69(62-35-13-4-14-36-62)88(75)94-90(77)86(81)64-39-17-6-18-40-64/h1-58H. The number of hydrogen-bond donors (Lipinski definition) is 0. The normalized spacial score (nSPS) is 11.6. The van der Waals surface area contributed by atoms with E-state index in [1.807, 2.05) is 0 Å². The summed E-state index contributed by atoms with van der Waals surface area (Å²) >= 11 is 0. The van der Waals surface area contributed by atoms with E-state index >= 15 is 0 Å². The lowest BCUT2D eigenvalue weighted by Gasteiger charge is -2.33. The molecule has 94 heavy (non-hydrogen) atoms. The van der Waals surface area contributed by atoms with Gasteiger partial charge in [0.15, 0.2) is 0 Å². The van der Waals surface area contributed by atoms with Crippen molar-refractivity contribution in [3.63, 3.8) is 0 Å². The SMILES string of the molecule is c1ccc(-c2ccccc2N(c2ccc3c(oc4c(-c5ccccc5)cccc43)c2-c2ccccc2)c2cc3cc(N(c4ccccc4-c4ccccc4)c4ccc5c(oc6c(-c7ccccc7)cccc65)c4-c4ccccc4)c4ccccc4c3c3ccccc23)cc1. The van der Waals surface area contributed by atoms with E-state index in [-0.39, 0.29) is 0 Å². The van der Waals surface area contributed by atoms with Crippen LogP contribution in [0.25, 0.3) is 143 Å². The molecular weight excluding hydrogens is 1140 g/mol. The lowest BCUT2D eigenvalue weighted by Crippen LogP contribution is -2.14. The molecule has 0 fully saturated rings. The molecule has 0 amide bonds. The largest absolute Gasteiger partial charge is 0.455 e. The van der Waals surface area contributed by atoms with Crippen LogP contribution in [0, 0.1) is 0 Å². The van der Waals surface area contributed by atoms with Gasteiger partial charge in [0.25, 0.3) is 0 Å². The smallest absolute Gasteiger partial charge is 0.145 e. The summed E-state index contributed by atoms with van der Waals surface area (Å²) in [5, 5.41) is 11.0. The molecule has 0 N–H and O–H groups in total. The van der Waals surface area contributed by atoms with E-state index in [1.165, 1.54) is 5.39 Å². The van der Waals surface area contributed by atoms with E-state index in [2.05, 4.69) is 362 Å². The molecule has 0 unspecified atom stereocenters.